The summed E-state index contributed by atoms with van der Waals surface area (Å²) in [4.78, 5) is 11.9. The highest BCUT2D eigenvalue weighted by atomic mass is 35.5. The molecule has 0 atom stereocenters. The highest BCUT2D eigenvalue weighted by molar-refractivity contribution is 6.30. The number of aryl methyl sites for hydroxylation is 2. The van der Waals surface area contributed by atoms with Crippen molar-refractivity contribution in [3.63, 3.8) is 0 Å². The van der Waals surface area contributed by atoms with Crippen molar-refractivity contribution < 1.29 is 9.53 Å². The topological polar surface area (TPSA) is 38.3 Å². The molecule has 22 heavy (non-hydrogen) atoms. The maximum absolute atomic E-state index is 11.9. The molecule has 0 fully saturated rings. The molecule has 0 unspecified atom stereocenters. The zero-order valence-corrected chi connectivity index (χ0v) is 13.6. The average Bonchev–Trinajstić information content (AvgIpc) is 2.48. The first-order chi connectivity index (χ1) is 10.6. The van der Waals surface area contributed by atoms with Crippen molar-refractivity contribution in [2.24, 2.45) is 0 Å². The summed E-state index contributed by atoms with van der Waals surface area (Å²) in [6.07, 6.45) is 0.395. The van der Waals surface area contributed by atoms with Crippen LogP contribution in [0.4, 0.5) is 0 Å². The minimum absolute atomic E-state index is 0.00530. The fourth-order valence-electron chi connectivity index (χ4n) is 2.17. The minimum atomic E-state index is 0.00530. The Kier molecular flexibility index (Phi) is 5.84. The van der Waals surface area contributed by atoms with Crippen LogP contribution in [-0.4, -0.2) is 19.1 Å². The van der Waals surface area contributed by atoms with Crippen LogP contribution < -0.4 is 10.1 Å². The van der Waals surface area contributed by atoms with Crippen molar-refractivity contribution in [2.45, 2.75) is 20.3 Å². The maximum atomic E-state index is 11.9. The third-order valence-electron chi connectivity index (χ3n) is 3.43. The Bertz CT molecular complexity index is 655. The predicted octanol–water partition coefficient (Wildman–Crippen LogP) is 3.69. The molecule has 2 aromatic rings. The molecule has 0 aliphatic carbocycles. The molecule has 0 bridgehead atoms. The van der Waals surface area contributed by atoms with Crippen LogP contribution in [0.25, 0.3) is 0 Å². The van der Waals surface area contributed by atoms with Gasteiger partial charge in [-0.25, -0.2) is 0 Å². The van der Waals surface area contributed by atoms with Crippen molar-refractivity contribution in [1.29, 1.82) is 0 Å². The summed E-state index contributed by atoms with van der Waals surface area (Å²) < 4.78 is 5.64. The highest BCUT2D eigenvalue weighted by Crippen LogP contribution is 2.21. The van der Waals surface area contributed by atoms with E-state index in [2.05, 4.69) is 5.32 Å². The summed E-state index contributed by atoms with van der Waals surface area (Å²) >= 11 is 5.90. The lowest BCUT2D eigenvalue weighted by Crippen LogP contribution is -2.29. The molecule has 2 aromatic carbocycles. The second kappa shape index (κ2) is 7.85. The number of halogens is 1. The van der Waals surface area contributed by atoms with Gasteiger partial charge in [0.05, 0.1) is 13.0 Å². The van der Waals surface area contributed by atoms with Gasteiger partial charge in [-0.1, -0.05) is 35.9 Å². The minimum Gasteiger partial charge on any atom is -0.491 e. The van der Waals surface area contributed by atoms with Crippen LogP contribution in [0.5, 0.6) is 5.75 Å². The lowest BCUT2D eigenvalue weighted by Gasteiger charge is -2.10. The Balaban J connectivity index is 1.74. The number of benzene rings is 2. The van der Waals surface area contributed by atoms with E-state index in [1.165, 1.54) is 0 Å². The first-order valence-corrected chi connectivity index (χ1v) is 7.64. The molecule has 0 heterocycles. The normalized spacial score (nSPS) is 10.3. The van der Waals surface area contributed by atoms with E-state index in [4.69, 9.17) is 16.3 Å². The van der Waals surface area contributed by atoms with Gasteiger partial charge in [-0.15, -0.1) is 0 Å². The van der Waals surface area contributed by atoms with Crippen LogP contribution in [0.1, 0.15) is 16.7 Å². The van der Waals surface area contributed by atoms with E-state index >= 15 is 0 Å². The van der Waals surface area contributed by atoms with Crippen LogP contribution in [0.15, 0.2) is 42.5 Å². The maximum Gasteiger partial charge on any atom is 0.224 e. The summed E-state index contributed by atoms with van der Waals surface area (Å²) in [6, 6.07) is 13.4. The Morgan fingerprint density at radius 2 is 1.91 bits per heavy atom. The highest BCUT2D eigenvalue weighted by Gasteiger charge is 2.05. The summed E-state index contributed by atoms with van der Waals surface area (Å²) in [6.45, 7) is 4.86. The molecular weight excluding hydrogens is 298 g/mol. The van der Waals surface area contributed by atoms with Crippen molar-refractivity contribution in [3.05, 3.63) is 64.2 Å². The summed E-state index contributed by atoms with van der Waals surface area (Å²) in [5, 5.41) is 3.56. The number of hydrogen-bond donors (Lipinski definition) is 1. The Hall–Kier alpha value is -2.00. The number of hydrogen-bond acceptors (Lipinski definition) is 2. The summed E-state index contributed by atoms with van der Waals surface area (Å²) in [5.74, 6) is 0.795. The molecule has 3 nitrogen and oxygen atoms in total. The van der Waals surface area contributed by atoms with Gasteiger partial charge in [0.2, 0.25) is 5.91 Å². The molecule has 0 radical (unpaired) electrons. The van der Waals surface area contributed by atoms with Gasteiger partial charge in [-0.2, -0.15) is 0 Å². The molecule has 0 aliphatic heterocycles. The van der Waals surface area contributed by atoms with Crippen molar-refractivity contribution in [3.8, 4) is 5.75 Å². The smallest absolute Gasteiger partial charge is 0.224 e. The molecule has 0 saturated heterocycles. The fourth-order valence-corrected chi connectivity index (χ4v) is 2.40. The average molecular weight is 318 g/mol. The first kappa shape index (κ1) is 16.4. The number of carbonyl (C=O) groups excluding carboxylic acids is 1. The van der Waals surface area contributed by atoms with E-state index in [0.717, 1.165) is 22.4 Å². The van der Waals surface area contributed by atoms with Gasteiger partial charge < -0.3 is 10.1 Å². The first-order valence-electron chi connectivity index (χ1n) is 7.26. The van der Waals surface area contributed by atoms with Crippen LogP contribution >= 0.6 is 11.6 Å². The van der Waals surface area contributed by atoms with Gasteiger partial charge in [-0.3, -0.25) is 4.79 Å². The third kappa shape index (κ3) is 4.78. The molecule has 0 aliphatic rings. The number of rotatable bonds is 6. The van der Waals surface area contributed by atoms with Gasteiger partial charge in [0.15, 0.2) is 0 Å². The van der Waals surface area contributed by atoms with E-state index in [9.17, 15) is 4.79 Å². The molecule has 0 saturated carbocycles. The third-order valence-corrected chi connectivity index (χ3v) is 3.67. The standard InChI is InChI=1S/C18H20ClNO2/c1-13-5-3-4-6-15(13)12-18(21)20-9-10-22-17-8-7-16(19)11-14(17)2/h3-8,11H,9-10,12H2,1-2H3,(H,20,21). The van der Waals surface area contributed by atoms with Gasteiger partial charge in [0, 0.05) is 5.02 Å². The van der Waals surface area contributed by atoms with E-state index in [1.54, 1.807) is 6.07 Å². The lowest BCUT2D eigenvalue weighted by molar-refractivity contribution is -0.120. The molecular formula is C18H20ClNO2. The fraction of sp³-hybridized carbons (Fsp3) is 0.278. The number of carbonyl (C=O) groups is 1. The Morgan fingerprint density at radius 1 is 1.14 bits per heavy atom. The molecule has 1 amide bonds. The molecule has 4 heteroatoms. The SMILES string of the molecule is Cc1ccccc1CC(=O)NCCOc1ccc(Cl)cc1C. The molecule has 2 rings (SSSR count). The number of ether oxygens (including phenoxy) is 1. The molecule has 1 N–H and O–H groups in total. The predicted molar refractivity (Wildman–Crippen MR) is 89.6 cm³/mol. The molecule has 0 spiro atoms. The Labute approximate surface area is 136 Å². The number of amides is 1. The van der Waals surface area contributed by atoms with Crippen molar-refractivity contribution in [2.75, 3.05) is 13.2 Å². The van der Waals surface area contributed by atoms with E-state index < -0.39 is 0 Å². The Morgan fingerprint density at radius 3 is 2.64 bits per heavy atom. The number of nitrogens with one attached hydrogen (secondary N) is 1. The largest absolute Gasteiger partial charge is 0.491 e. The van der Waals surface area contributed by atoms with Crippen LogP contribution in [0, 0.1) is 13.8 Å². The lowest BCUT2D eigenvalue weighted by atomic mass is 10.1. The van der Waals surface area contributed by atoms with Crippen molar-refractivity contribution >= 4 is 17.5 Å². The van der Waals surface area contributed by atoms with Crippen LogP contribution in [-0.2, 0) is 11.2 Å². The molecule has 116 valence electrons. The van der Waals surface area contributed by atoms with Gasteiger partial charge in [0.1, 0.15) is 12.4 Å². The quantitative estimate of drug-likeness (QED) is 0.825. The molecule has 0 aromatic heterocycles. The van der Waals surface area contributed by atoms with Crippen LogP contribution in [0.2, 0.25) is 5.02 Å². The van der Waals surface area contributed by atoms with Gasteiger partial charge >= 0.3 is 0 Å². The summed E-state index contributed by atoms with van der Waals surface area (Å²) in [7, 11) is 0. The zero-order valence-electron chi connectivity index (χ0n) is 12.9. The second-order valence-electron chi connectivity index (χ2n) is 5.21. The van der Waals surface area contributed by atoms with Crippen molar-refractivity contribution in [1.82, 2.24) is 5.32 Å². The monoisotopic (exact) mass is 317 g/mol. The van der Waals surface area contributed by atoms with E-state index in [0.29, 0.717) is 24.6 Å². The second-order valence-corrected chi connectivity index (χ2v) is 5.65. The van der Waals surface area contributed by atoms with Crippen LogP contribution in [0.3, 0.4) is 0 Å². The van der Waals surface area contributed by atoms with Gasteiger partial charge in [0.25, 0.3) is 0 Å². The van der Waals surface area contributed by atoms with E-state index in [-0.39, 0.29) is 5.91 Å². The van der Waals surface area contributed by atoms with E-state index in [1.807, 2.05) is 50.2 Å². The zero-order chi connectivity index (χ0) is 15.9. The van der Waals surface area contributed by atoms with Gasteiger partial charge in [-0.05, 0) is 48.7 Å². The summed E-state index contributed by atoms with van der Waals surface area (Å²) in [5.41, 5.74) is 3.17.